The summed E-state index contributed by atoms with van der Waals surface area (Å²) in [6.45, 7) is 1.31. The van der Waals surface area contributed by atoms with Crippen LogP contribution in [0, 0.1) is 0 Å². The van der Waals surface area contributed by atoms with E-state index in [1.807, 2.05) is 30.3 Å². The molecule has 0 saturated carbocycles. The van der Waals surface area contributed by atoms with Gasteiger partial charge in [-0.05, 0) is 12.1 Å². The molecule has 0 bridgehead atoms. The van der Waals surface area contributed by atoms with Gasteiger partial charge in [0, 0.05) is 40.2 Å². The van der Waals surface area contributed by atoms with Crippen molar-refractivity contribution in [1.29, 1.82) is 0 Å². The van der Waals surface area contributed by atoms with E-state index in [9.17, 15) is 4.79 Å². The number of carbonyl (C=O) groups is 1. The highest BCUT2D eigenvalue weighted by atomic mass is 16.7. The van der Waals surface area contributed by atoms with E-state index < -0.39 is 5.79 Å². The fourth-order valence-electron chi connectivity index (χ4n) is 2.34. The van der Waals surface area contributed by atoms with Gasteiger partial charge in [0.2, 0.25) is 0 Å². The lowest BCUT2D eigenvalue weighted by molar-refractivity contribution is -0.228. The van der Waals surface area contributed by atoms with Gasteiger partial charge in [-0.2, -0.15) is 0 Å². The minimum Gasteiger partial charge on any atom is -0.484 e. The van der Waals surface area contributed by atoms with Gasteiger partial charge in [-0.1, -0.05) is 18.2 Å². The number of hydrogen-bond acceptors (Lipinski definition) is 4. The van der Waals surface area contributed by atoms with Crippen molar-refractivity contribution in [3.05, 3.63) is 30.3 Å². The molecule has 1 aromatic carbocycles. The normalized spacial score (nSPS) is 17.8. The molecule has 1 amide bonds. The highest BCUT2D eigenvalue weighted by Gasteiger charge is 2.35. The van der Waals surface area contributed by atoms with Crippen molar-refractivity contribution in [3.63, 3.8) is 0 Å². The van der Waals surface area contributed by atoms with E-state index in [-0.39, 0.29) is 12.5 Å². The number of benzene rings is 1. The summed E-state index contributed by atoms with van der Waals surface area (Å²) in [5.41, 5.74) is 0. The van der Waals surface area contributed by atoms with Gasteiger partial charge in [0.05, 0.1) is 0 Å². The van der Waals surface area contributed by atoms with Crippen molar-refractivity contribution >= 4 is 5.91 Å². The Bertz CT molecular complexity index is 421. The number of carbonyl (C=O) groups excluding carboxylic acids is 1. The third-order valence-electron chi connectivity index (χ3n) is 3.73. The van der Waals surface area contributed by atoms with E-state index in [4.69, 9.17) is 14.2 Å². The molecule has 5 nitrogen and oxygen atoms in total. The summed E-state index contributed by atoms with van der Waals surface area (Å²) in [6.07, 6.45) is 1.36. The van der Waals surface area contributed by atoms with Crippen LogP contribution in [0.5, 0.6) is 5.75 Å². The van der Waals surface area contributed by atoms with Crippen LogP contribution in [0.3, 0.4) is 0 Å². The molecule has 110 valence electrons. The number of ether oxygens (including phenoxy) is 3. The zero-order valence-electron chi connectivity index (χ0n) is 12.0. The molecule has 0 atom stereocenters. The highest BCUT2D eigenvalue weighted by molar-refractivity contribution is 5.77. The fourth-order valence-corrected chi connectivity index (χ4v) is 2.34. The Balaban J connectivity index is 1.80. The lowest BCUT2D eigenvalue weighted by Gasteiger charge is -2.39. The van der Waals surface area contributed by atoms with Crippen LogP contribution in [0.15, 0.2) is 30.3 Å². The first-order valence-corrected chi connectivity index (χ1v) is 6.75. The predicted molar refractivity (Wildman–Crippen MR) is 74.5 cm³/mol. The maximum atomic E-state index is 12.1. The minimum atomic E-state index is -0.545. The third-order valence-corrected chi connectivity index (χ3v) is 3.73. The fraction of sp³-hybridized carbons (Fsp3) is 0.533. The van der Waals surface area contributed by atoms with E-state index in [0.29, 0.717) is 31.7 Å². The van der Waals surface area contributed by atoms with Crippen LogP contribution < -0.4 is 4.74 Å². The largest absolute Gasteiger partial charge is 0.484 e. The van der Waals surface area contributed by atoms with E-state index in [2.05, 4.69) is 0 Å². The Kier molecular flexibility index (Phi) is 4.98. The molecule has 0 N–H and O–H groups in total. The third kappa shape index (κ3) is 3.49. The van der Waals surface area contributed by atoms with Crippen LogP contribution in [0.2, 0.25) is 0 Å². The molecule has 1 aliphatic rings. The Hall–Kier alpha value is -1.59. The molecule has 0 spiro atoms. The molecule has 1 saturated heterocycles. The summed E-state index contributed by atoms with van der Waals surface area (Å²) in [5.74, 6) is 0.160. The van der Waals surface area contributed by atoms with Crippen molar-refractivity contribution in [2.45, 2.75) is 18.6 Å². The Morgan fingerprint density at radius 2 is 1.75 bits per heavy atom. The van der Waals surface area contributed by atoms with Crippen molar-refractivity contribution in [1.82, 2.24) is 4.90 Å². The van der Waals surface area contributed by atoms with Gasteiger partial charge in [-0.3, -0.25) is 4.79 Å². The number of para-hydroxylation sites is 1. The van der Waals surface area contributed by atoms with E-state index in [1.54, 1.807) is 19.1 Å². The molecular weight excluding hydrogens is 258 g/mol. The Labute approximate surface area is 119 Å². The molecule has 5 heteroatoms. The van der Waals surface area contributed by atoms with Gasteiger partial charge >= 0.3 is 0 Å². The first-order valence-electron chi connectivity index (χ1n) is 6.75. The average molecular weight is 279 g/mol. The molecule has 2 rings (SSSR count). The van der Waals surface area contributed by atoms with Crippen molar-refractivity contribution in [2.75, 3.05) is 33.9 Å². The number of rotatable bonds is 5. The van der Waals surface area contributed by atoms with Crippen molar-refractivity contribution < 1.29 is 19.0 Å². The Morgan fingerprint density at radius 1 is 1.15 bits per heavy atom. The van der Waals surface area contributed by atoms with Crippen LogP contribution >= 0.6 is 0 Å². The van der Waals surface area contributed by atoms with Crippen molar-refractivity contribution in [3.8, 4) is 5.75 Å². The van der Waals surface area contributed by atoms with Gasteiger partial charge in [-0.25, -0.2) is 0 Å². The molecule has 0 radical (unpaired) electrons. The van der Waals surface area contributed by atoms with Gasteiger partial charge in [0.15, 0.2) is 12.4 Å². The van der Waals surface area contributed by atoms with Gasteiger partial charge < -0.3 is 19.1 Å². The van der Waals surface area contributed by atoms with E-state index in [1.165, 1.54) is 0 Å². The SMILES string of the molecule is COC1(OC)CCN(C(=O)COc2ccccc2)CC1. The molecule has 1 aliphatic heterocycles. The molecular formula is C15H21NO4. The molecule has 1 heterocycles. The summed E-state index contributed by atoms with van der Waals surface area (Å²) in [7, 11) is 3.28. The van der Waals surface area contributed by atoms with Crippen LogP contribution in [-0.4, -0.2) is 50.5 Å². The zero-order valence-corrected chi connectivity index (χ0v) is 12.0. The first-order chi connectivity index (χ1) is 9.69. The maximum absolute atomic E-state index is 12.1. The topological polar surface area (TPSA) is 48.0 Å². The Morgan fingerprint density at radius 3 is 2.30 bits per heavy atom. The standard InChI is InChI=1S/C15H21NO4/c1-18-15(19-2)8-10-16(11-9-15)14(17)12-20-13-6-4-3-5-7-13/h3-7H,8-12H2,1-2H3. The number of nitrogens with zero attached hydrogens (tertiary/aromatic N) is 1. The van der Waals surface area contributed by atoms with Crippen LogP contribution in [0.4, 0.5) is 0 Å². The highest BCUT2D eigenvalue weighted by Crippen LogP contribution is 2.26. The zero-order chi connectivity index (χ0) is 14.4. The second-order valence-electron chi connectivity index (χ2n) is 4.80. The van der Waals surface area contributed by atoms with Gasteiger partial charge in [-0.15, -0.1) is 0 Å². The molecule has 0 unspecified atom stereocenters. The summed E-state index contributed by atoms with van der Waals surface area (Å²) in [4.78, 5) is 13.9. The second kappa shape index (κ2) is 6.72. The summed E-state index contributed by atoms with van der Waals surface area (Å²) in [6, 6.07) is 9.35. The van der Waals surface area contributed by atoms with Crippen LogP contribution in [-0.2, 0) is 14.3 Å². The predicted octanol–water partition coefficient (Wildman–Crippen LogP) is 1.68. The number of hydrogen-bond donors (Lipinski definition) is 0. The number of amides is 1. The molecule has 1 aromatic rings. The number of likely N-dealkylation sites (tertiary alicyclic amines) is 1. The van der Waals surface area contributed by atoms with E-state index in [0.717, 1.165) is 0 Å². The average Bonchev–Trinajstić information content (AvgIpc) is 2.53. The summed E-state index contributed by atoms with van der Waals surface area (Å²) >= 11 is 0. The lowest BCUT2D eigenvalue weighted by Crippen LogP contribution is -2.49. The molecule has 20 heavy (non-hydrogen) atoms. The molecule has 1 fully saturated rings. The number of methoxy groups -OCH3 is 2. The quantitative estimate of drug-likeness (QED) is 0.769. The lowest BCUT2D eigenvalue weighted by atomic mass is 10.0. The molecule has 0 aliphatic carbocycles. The van der Waals surface area contributed by atoms with E-state index >= 15 is 0 Å². The second-order valence-corrected chi connectivity index (χ2v) is 4.80. The smallest absolute Gasteiger partial charge is 0.260 e. The first kappa shape index (κ1) is 14.8. The van der Waals surface area contributed by atoms with Gasteiger partial charge in [0.1, 0.15) is 5.75 Å². The monoisotopic (exact) mass is 279 g/mol. The van der Waals surface area contributed by atoms with Crippen LogP contribution in [0.1, 0.15) is 12.8 Å². The summed E-state index contributed by atoms with van der Waals surface area (Å²) < 4.78 is 16.3. The molecule has 0 aromatic heterocycles. The number of piperidine rings is 1. The van der Waals surface area contributed by atoms with Crippen molar-refractivity contribution in [2.24, 2.45) is 0 Å². The van der Waals surface area contributed by atoms with Gasteiger partial charge in [0.25, 0.3) is 5.91 Å². The minimum absolute atomic E-state index is 0.00495. The maximum Gasteiger partial charge on any atom is 0.260 e. The summed E-state index contributed by atoms with van der Waals surface area (Å²) in [5, 5.41) is 0. The van der Waals surface area contributed by atoms with Crippen LogP contribution in [0.25, 0.3) is 0 Å².